The van der Waals surface area contributed by atoms with Gasteiger partial charge in [-0.2, -0.15) is 0 Å². The Morgan fingerprint density at radius 2 is 1.39 bits per heavy atom. The number of nitrogens with zero attached hydrogens (tertiary/aromatic N) is 1. The van der Waals surface area contributed by atoms with Crippen LogP contribution in [0, 0.1) is 5.92 Å². The van der Waals surface area contributed by atoms with Crippen LogP contribution in [0.3, 0.4) is 0 Å². The van der Waals surface area contributed by atoms with Crippen molar-refractivity contribution in [2.24, 2.45) is 10.9 Å². The van der Waals surface area contributed by atoms with Crippen LogP contribution in [0.1, 0.15) is 130 Å². The first-order chi connectivity index (χ1) is 15.5. The maximum Gasteiger partial charge on any atom is 1.00 e. The second-order valence-corrected chi connectivity index (χ2v) is 9.00. The largest absolute Gasteiger partial charge is 1.00 e. The minimum atomic E-state index is -0.998. The fourth-order valence-corrected chi connectivity index (χ4v) is 3.85. The number of carboxylic acid groups (broad SMARTS) is 1. The van der Waals surface area contributed by atoms with Crippen molar-refractivity contribution in [2.45, 2.75) is 136 Å². The Labute approximate surface area is 225 Å². The van der Waals surface area contributed by atoms with Crippen LogP contribution in [-0.2, 0) is 9.59 Å². The third-order valence-electron chi connectivity index (χ3n) is 6.07. The summed E-state index contributed by atoms with van der Waals surface area (Å²) in [7, 11) is 0. The Bertz CT molecular complexity index is 515. The van der Waals surface area contributed by atoms with Crippen LogP contribution in [-0.4, -0.2) is 35.5 Å². The van der Waals surface area contributed by atoms with Crippen LogP contribution in [0.25, 0.3) is 0 Å². The van der Waals surface area contributed by atoms with Gasteiger partial charge in [0.15, 0.2) is 0 Å². The second-order valence-electron chi connectivity index (χ2n) is 9.00. The van der Waals surface area contributed by atoms with Crippen LogP contribution in [0.4, 0.5) is 0 Å². The average Bonchev–Trinajstić information content (AvgIpc) is 2.77. The van der Waals surface area contributed by atoms with Crippen molar-refractivity contribution in [1.29, 1.82) is 0 Å². The van der Waals surface area contributed by atoms with Gasteiger partial charge in [-0.3, -0.25) is 4.79 Å². The molecule has 0 aliphatic heterocycles. The van der Waals surface area contributed by atoms with Crippen molar-refractivity contribution in [2.75, 3.05) is 6.54 Å². The maximum absolute atomic E-state index is 12.4. The van der Waals surface area contributed by atoms with E-state index < -0.39 is 12.0 Å². The fraction of sp³-hybridized carbons (Fsp3) is 0.885. The maximum atomic E-state index is 12.4. The van der Waals surface area contributed by atoms with Crippen LogP contribution in [0.5, 0.6) is 0 Å². The zero-order chi connectivity index (χ0) is 24.0. The molecule has 33 heavy (non-hydrogen) atoms. The minimum Gasteiger partial charge on any atom is -0.862 e. The summed E-state index contributed by atoms with van der Waals surface area (Å²) in [6, 6.07) is -0.865. The van der Waals surface area contributed by atoms with Crippen molar-refractivity contribution in [1.82, 2.24) is 5.32 Å². The van der Waals surface area contributed by atoms with E-state index in [1.807, 2.05) is 6.92 Å². The van der Waals surface area contributed by atoms with Gasteiger partial charge in [-0.05, 0) is 50.8 Å². The number of aliphatic imine (C=N–C) groups is 1. The molecule has 0 bridgehead atoms. The van der Waals surface area contributed by atoms with E-state index in [1.165, 1.54) is 44.9 Å². The van der Waals surface area contributed by atoms with Crippen LogP contribution < -0.4 is 40.0 Å². The molecule has 0 aromatic heterocycles. The van der Waals surface area contributed by atoms with Gasteiger partial charge in [0, 0.05) is 12.5 Å². The van der Waals surface area contributed by atoms with E-state index in [4.69, 9.17) is 0 Å². The Hall–Kier alpha value is -0.590. The Morgan fingerprint density at radius 1 is 0.818 bits per heavy atom. The minimum absolute atomic E-state index is 0. The van der Waals surface area contributed by atoms with Gasteiger partial charge in [0.1, 0.15) is 6.04 Å². The molecule has 2 N–H and O–H groups in total. The molecule has 0 saturated heterocycles. The van der Waals surface area contributed by atoms with Crippen molar-refractivity contribution < 1.29 is 49.4 Å². The number of rotatable bonds is 22. The zero-order valence-electron chi connectivity index (χ0n) is 22.0. The SMILES string of the molecule is CCCCCCCCCCCC([O-])=NCCCC[C@H](NC(=O)C(CC)CCCC)C(=O)O.[Na+]. The van der Waals surface area contributed by atoms with Gasteiger partial charge in [-0.1, -0.05) is 85.0 Å². The van der Waals surface area contributed by atoms with Crippen LogP contribution in [0.2, 0.25) is 0 Å². The number of carboxylic acids is 1. The first-order valence-corrected chi connectivity index (χ1v) is 13.2. The first kappa shape index (κ1) is 34.6. The topological polar surface area (TPSA) is 102 Å². The average molecular weight is 477 g/mol. The molecule has 0 aromatic rings. The van der Waals surface area contributed by atoms with E-state index in [0.717, 1.165) is 38.5 Å². The smallest absolute Gasteiger partial charge is 0.862 e. The molecule has 6 nitrogen and oxygen atoms in total. The van der Waals surface area contributed by atoms with Crippen molar-refractivity contribution in [3.8, 4) is 0 Å². The van der Waals surface area contributed by atoms with Gasteiger partial charge in [-0.15, -0.1) is 0 Å². The molecule has 0 fully saturated rings. The number of unbranched alkanes of at least 4 members (excludes halogenated alkanes) is 10. The molecule has 188 valence electrons. The Balaban J connectivity index is 0. The van der Waals surface area contributed by atoms with Crippen molar-refractivity contribution in [3.63, 3.8) is 0 Å². The summed E-state index contributed by atoms with van der Waals surface area (Å²) in [4.78, 5) is 28.0. The number of hydrogen-bond acceptors (Lipinski definition) is 4. The van der Waals surface area contributed by atoms with Gasteiger partial charge in [-0.25, -0.2) is 4.79 Å². The summed E-state index contributed by atoms with van der Waals surface area (Å²) in [5, 5.41) is 24.0. The summed E-state index contributed by atoms with van der Waals surface area (Å²) in [6.07, 6.45) is 16.7. The Kier molecular flexibility index (Phi) is 25.7. The number of hydrogen-bond donors (Lipinski definition) is 2. The summed E-state index contributed by atoms with van der Waals surface area (Å²) in [5.41, 5.74) is 0. The molecule has 1 amide bonds. The van der Waals surface area contributed by atoms with E-state index in [1.54, 1.807) is 0 Å². The molecule has 0 aliphatic carbocycles. The van der Waals surface area contributed by atoms with Crippen molar-refractivity contribution in [3.05, 3.63) is 0 Å². The predicted octanol–water partition coefficient (Wildman–Crippen LogP) is 2.63. The van der Waals surface area contributed by atoms with Gasteiger partial charge in [0.25, 0.3) is 0 Å². The van der Waals surface area contributed by atoms with Gasteiger partial charge < -0.3 is 20.5 Å². The first-order valence-electron chi connectivity index (χ1n) is 13.2. The number of nitrogens with one attached hydrogen (secondary N) is 1. The van der Waals surface area contributed by atoms with Gasteiger partial charge in [0.05, 0.1) is 0 Å². The van der Waals surface area contributed by atoms with Gasteiger partial charge in [0.2, 0.25) is 5.91 Å². The van der Waals surface area contributed by atoms with Crippen LogP contribution in [0.15, 0.2) is 4.99 Å². The Morgan fingerprint density at radius 3 is 1.94 bits per heavy atom. The molecule has 7 heteroatoms. The number of aliphatic carboxylic acids is 1. The molecule has 0 rings (SSSR count). The number of amides is 1. The molecule has 0 aromatic carbocycles. The fourth-order valence-electron chi connectivity index (χ4n) is 3.85. The zero-order valence-corrected chi connectivity index (χ0v) is 24.0. The van der Waals surface area contributed by atoms with Crippen LogP contribution >= 0.6 is 0 Å². The molecular weight excluding hydrogens is 427 g/mol. The van der Waals surface area contributed by atoms with Crippen molar-refractivity contribution >= 4 is 17.8 Å². The quantitative estimate of drug-likeness (QED) is 0.109. The summed E-state index contributed by atoms with van der Waals surface area (Å²) >= 11 is 0. The molecule has 0 spiro atoms. The third kappa shape index (κ3) is 20.5. The summed E-state index contributed by atoms with van der Waals surface area (Å²) < 4.78 is 0. The summed E-state index contributed by atoms with van der Waals surface area (Å²) in [6.45, 7) is 6.70. The molecule has 0 radical (unpaired) electrons. The molecule has 0 heterocycles. The molecule has 0 aliphatic rings. The van der Waals surface area contributed by atoms with E-state index in [9.17, 15) is 19.8 Å². The standard InChI is InChI=1S/C26H50N2O4.Na/c1-4-7-9-10-11-12-13-14-15-20-24(29)27-21-17-16-19-23(26(31)32)28-25(30)22(6-3)18-8-5-2;/h22-23H,4-21H2,1-3H3,(H,27,29)(H,28,30)(H,31,32);/q;+1/p-1/t22?,23-;/m0./s1. The van der Waals surface area contributed by atoms with Gasteiger partial charge >= 0.3 is 35.5 Å². The predicted molar refractivity (Wildman–Crippen MR) is 131 cm³/mol. The molecule has 2 atom stereocenters. The molecular formula is C26H49N2NaO4. The molecule has 1 unspecified atom stereocenters. The second kappa shape index (κ2) is 24.5. The van der Waals surface area contributed by atoms with E-state index >= 15 is 0 Å². The molecule has 0 saturated carbocycles. The normalized spacial score (nSPS) is 13.2. The van der Waals surface area contributed by atoms with E-state index in [-0.39, 0.29) is 47.3 Å². The third-order valence-corrected chi connectivity index (χ3v) is 6.07. The van der Waals surface area contributed by atoms with E-state index in [0.29, 0.717) is 32.2 Å². The number of carbonyl (C=O) groups is 2. The monoisotopic (exact) mass is 476 g/mol. The summed E-state index contributed by atoms with van der Waals surface area (Å²) in [5.74, 6) is -1.32. The van der Waals surface area contributed by atoms with E-state index in [2.05, 4.69) is 24.2 Å². The number of carbonyl (C=O) groups excluding carboxylic acids is 1.